The number of amides is 1. The van der Waals surface area contributed by atoms with Crippen LogP contribution in [0.2, 0.25) is 0 Å². The van der Waals surface area contributed by atoms with E-state index in [1.54, 1.807) is 25.1 Å². The number of fused-ring (bicyclic) bond motifs is 3. The number of carbonyl (C=O) groups is 2. The maximum absolute atomic E-state index is 12.5. The zero-order valence-corrected chi connectivity index (χ0v) is 14.9. The molecule has 0 radical (unpaired) electrons. The van der Waals surface area contributed by atoms with Crippen LogP contribution in [-0.4, -0.2) is 25.0 Å². The van der Waals surface area contributed by atoms with Crippen molar-refractivity contribution in [2.75, 3.05) is 23.4 Å². The molecule has 0 saturated heterocycles. The van der Waals surface area contributed by atoms with E-state index in [4.69, 9.17) is 4.74 Å². The number of hydrogen-bond donors (Lipinski definition) is 2. The first-order valence-corrected chi connectivity index (χ1v) is 8.79. The van der Waals surface area contributed by atoms with Gasteiger partial charge in [-0.05, 0) is 37.3 Å². The third kappa shape index (κ3) is 3.17. The van der Waals surface area contributed by atoms with Gasteiger partial charge < -0.3 is 20.3 Å². The highest BCUT2D eigenvalue weighted by atomic mass is 16.5. The van der Waals surface area contributed by atoms with Crippen LogP contribution in [0.1, 0.15) is 17.3 Å². The molecular weight excluding hydrogens is 342 g/mol. The topological polar surface area (TPSA) is 70.7 Å². The van der Waals surface area contributed by atoms with Crippen LogP contribution in [-0.2, 0) is 9.53 Å². The number of esters is 1. The quantitative estimate of drug-likeness (QED) is 0.819. The highest BCUT2D eigenvalue weighted by molar-refractivity contribution is 5.99. The van der Waals surface area contributed by atoms with Crippen LogP contribution < -0.4 is 15.5 Å². The number of nitrogens with one attached hydrogen (secondary N) is 2. The fourth-order valence-electron chi connectivity index (χ4n) is 3.21. The molecule has 2 aromatic rings. The van der Waals surface area contributed by atoms with Gasteiger partial charge in [0.25, 0.3) is 5.91 Å². The summed E-state index contributed by atoms with van der Waals surface area (Å²) in [6.07, 6.45) is 1.68. The zero-order chi connectivity index (χ0) is 18.8. The maximum Gasteiger partial charge on any atom is 0.341 e. The normalized spacial score (nSPS) is 14.7. The Balaban J connectivity index is 1.67. The Bertz CT molecular complexity index is 964. The first-order chi connectivity index (χ1) is 13.2. The average molecular weight is 361 g/mol. The van der Waals surface area contributed by atoms with Gasteiger partial charge in [-0.3, -0.25) is 4.79 Å². The van der Waals surface area contributed by atoms with Gasteiger partial charge in [0.2, 0.25) is 0 Å². The van der Waals surface area contributed by atoms with Crippen molar-refractivity contribution < 1.29 is 14.3 Å². The third-order valence-electron chi connectivity index (χ3n) is 4.43. The number of ether oxygens (including phenoxy) is 1. The van der Waals surface area contributed by atoms with Crippen molar-refractivity contribution in [3.63, 3.8) is 0 Å². The predicted octanol–water partition coefficient (Wildman–Crippen LogP) is 3.02. The van der Waals surface area contributed by atoms with Gasteiger partial charge in [0.1, 0.15) is 11.4 Å². The van der Waals surface area contributed by atoms with E-state index in [1.807, 2.05) is 47.4 Å². The summed E-state index contributed by atoms with van der Waals surface area (Å²) in [4.78, 5) is 27.0. The Morgan fingerprint density at radius 3 is 2.63 bits per heavy atom. The molecule has 2 aromatic carbocycles. The van der Waals surface area contributed by atoms with Crippen LogP contribution in [0, 0.1) is 0 Å². The minimum Gasteiger partial charge on any atom is -0.462 e. The molecule has 0 spiro atoms. The van der Waals surface area contributed by atoms with E-state index in [9.17, 15) is 9.59 Å². The fraction of sp³-hybridized carbons (Fsp3) is 0.143. The number of hydrogen-bond acceptors (Lipinski definition) is 5. The Kier molecular flexibility index (Phi) is 4.38. The minimum atomic E-state index is -0.427. The molecule has 136 valence electrons. The van der Waals surface area contributed by atoms with Crippen molar-refractivity contribution in [1.82, 2.24) is 5.32 Å². The second-order valence-corrected chi connectivity index (χ2v) is 6.20. The lowest BCUT2D eigenvalue weighted by molar-refractivity contribution is -0.138. The molecule has 2 aliphatic heterocycles. The van der Waals surface area contributed by atoms with Crippen molar-refractivity contribution in [2.24, 2.45) is 0 Å². The fourth-order valence-corrected chi connectivity index (χ4v) is 3.21. The van der Waals surface area contributed by atoms with E-state index in [0.717, 1.165) is 11.4 Å². The van der Waals surface area contributed by atoms with Gasteiger partial charge >= 0.3 is 5.97 Å². The Labute approximate surface area is 157 Å². The van der Waals surface area contributed by atoms with Crippen LogP contribution in [0.15, 0.2) is 77.8 Å². The largest absolute Gasteiger partial charge is 0.462 e. The second kappa shape index (κ2) is 6.99. The van der Waals surface area contributed by atoms with Crippen LogP contribution in [0.3, 0.4) is 0 Å². The van der Waals surface area contributed by atoms with Crippen molar-refractivity contribution in [1.29, 1.82) is 0 Å². The lowest BCUT2D eigenvalue weighted by atomic mass is 10.1. The predicted molar refractivity (Wildman–Crippen MR) is 103 cm³/mol. The molecule has 0 aliphatic carbocycles. The second-order valence-electron chi connectivity index (χ2n) is 6.20. The minimum absolute atomic E-state index is 0.214. The van der Waals surface area contributed by atoms with Gasteiger partial charge in [-0.1, -0.05) is 30.3 Å². The molecular formula is C21H19N3O3. The monoisotopic (exact) mass is 361 g/mol. The first-order valence-electron chi connectivity index (χ1n) is 8.79. The maximum atomic E-state index is 12.5. The molecule has 2 N–H and O–H groups in total. The van der Waals surface area contributed by atoms with Gasteiger partial charge in [-0.25, -0.2) is 4.79 Å². The molecule has 2 heterocycles. The molecule has 0 unspecified atom stereocenters. The average Bonchev–Trinajstić information content (AvgIpc) is 3.07. The Hall–Kier alpha value is -3.54. The lowest BCUT2D eigenvalue weighted by Crippen LogP contribution is -2.36. The molecule has 4 rings (SSSR count). The molecule has 0 atom stereocenters. The van der Waals surface area contributed by atoms with Crippen LogP contribution >= 0.6 is 0 Å². The molecule has 0 fully saturated rings. The van der Waals surface area contributed by atoms with Gasteiger partial charge in [0.15, 0.2) is 0 Å². The van der Waals surface area contributed by atoms with Crippen LogP contribution in [0.4, 0.5) is 11.4 Å². The highest BCUT2D eigenvalue weighted by Gasteiger charge is 2.33. The highest BCUT2D eigenvalue weighted by Crippen LogP contribution is 2.39. The van der Waals surface area contributed by atoms with Gasteiger partial charge in [0, 0.05) is 11.3 Å². The molecule has 27 heavy (non-hydrogen) atoms. The van der Waals surface area contributed by atoms with Crippen LogP contribution in [0.5, 0.6) is 0 Å². The summed E-state index contributed by atoms with van der Waals surface area (Å²) in [5, 5.41) is 6.20. The summed E-state index contributed by atoms with van der Waals surface area (Å²) in [7, 11) is 0. The molecule has 0 aromatic heterocycles. The molecule has 0 saturated carbocycles. The summed E-state index contributed by atoms with van der Waals surface area (Å²) >= 11 is 0. The standard InChI is InChI=1S/C21H19N3O3/c1-2-27-21(26)16-12-15(22-20(25)14-8-4-3-5-9-14)13-24-18-11-7-6-10-17(18)23-19(16)24/h3-12,23H,2,13H2,1H3,(H,22,25). The SMILES string of the molecule is CCOC(=O)C1=C2Nc3ccccc3N2CC(NC(=O)c2ccccc2)=C1. The van der Waals surface area contributed by atoms with E-state index in [2.05, 4.69) is 10.6 Å². The Morgan fingerprint density at radius 1 is 1.11 bits per heavy atom. The van der Waals surface area contributed by atoms with E-state index < -0.39 is 5.97 Å². The number of nitrogens with zero attached hydrogens (tertiary/aromatic N) is 1. The van der Waals surface area contributed by atoms with Crippen LogP contribution in [0.25, 0.3) is 0 Å². The first kappa shape index (κ1) is 16.9. The lowest BCUT2D eigenvalue weighted by Gasteiger charge is -2.27. The number of carbonyl (C=O) groups excluding carboxylic acids is 2. The number of anilines is 2. The smallest absolute Gasteiger partial charge is 0.341 e. The van der Waals surface area contributed by atoms with Crippen molar-refractivity contribution in [3.05, 3.63) is 83.3 Å². The number of benzene rings is 2. The summed E-state index contributed by atoms with van der Waals surface area (Å²) in [6.45, 7) is 2.49. The zero-order valence-electron chi connectivity index (χ0n) is 14.9. The Morgan fingerprint density at radius 2 is 1.85 bits per heavy atom. The summed E-state index contributed by atoms with van der Waals surface area (Å²) in [5.74, 6) is 0.0327. The van der Waals surface area contributed by atoms with Crippen molar-refractivity contribution in [3.8, 4) is 0 Å². The third-order valence-corrected chi connectivity index (χ3v) is 4.43. The van der Waals surface area contributed by atoms with Crippen molar-refractivity contribution >= 4 is 23.3 Å². The molecule has 0 bridgehead atoms. The van der Waals surface area contributed by atoms with E-state index in [0.29, 0.717) is 29.2 Å². The van der Waals surface area contributed by atoms with E-state index in [-0.39, 0.29) is 12.5 Å². The molecule has 1 amide bonds. The van der Waals surface area contributed by atoms with Gasteiger partial charge in [-0.15, -0.1) is 0 Å². The van der Waals surface area contributed by atoms with Gasteiger partial charge in [-0.2, -0.15) is 0 Å². The summed E-state index contributed by atoms with van der Waals surface area (Å²) in [6, 6.07) is 16.8. The number of para-hydroxylation sites is 2. The van der Waals surface area contributed by atoms with E-state index >= 15 is 0 Å². The van der Waals surface area contributed by atoms with Gasteiger partial charge in [0.05, 0.1) is 24.5 Å². The van der Waals surface area contributed by atoms with E-state index in [1.165, 1.54) is 0 Å². The molecule has 2 aliphatic rings. The van der Waals surface area contributed by atoms with Crippen molar-refractivity contribution in [2.45, 2.75) is 6.92 Å². The number of rotatable bonds is 4. The summed E-state index contributed by atoms with van der Waals surface area (Å²) < 4.78 is 5.21. The molecule has 6 nitrogen and oxygen atoms in total. The molecule has 6 heteroatoms. The summed E-state index contributed by atoms with van der Waals surface area (Å²) in [5.41, 5.74) is 3.45.